The molecule has 3 rings (SSSR count). The van der Waals surface area contributed by atoms with Crippen LogP contribution in [0.1, 0.15) is 37.8 Å². The van der Waals surface area contributed by atoms with E-state index in [1.807, 2.05) is 6.92 Å². The van der Waals surface area contributed by atoms with Crippen molar-refractivity contribution in [3.05, 3.63) is 18.0 Å². The van der Waals surface area contributed by atoms with Gasteiger partial charge in [-0.05, 0) is 25.7 Å². The second kappa shape index (κ2) is 4.55. The molecule has 3 heterocycles. The number of hydrogen-bond acceptors (Lipinski definition) is 4. The molecule has 1 unspecified atom stereocenters. The van der Waals surface area contributed by atoms with E-state index in [1.54, 1.807) is 0 Å². The Kier molecular flexibility index (Phi) is 2.89. The minimum Gasteiger partial charge on any atom is -0.448 e. The van der Waals surface area contributed by atoms with Crippen molar-refractivity contribution in [2.24, 2.45) is 5.92 Å². The van der Waals surface area contributed by atoms with Crippen LogP contribution in [0.5, 0.6) is 0 Å². The third kappa shape index (κ3) is 1.83. The first-order valence-electron chi connectivity index (χ1n) is 6.62. The third-order valence-electron chi connectivity index (χ3n) is 3.90. The summed E-state index contributed by atoms with van der Waals surface area (Å²) in [6, 6.07) is 0. The van der Waals surface area contributed by atoms with Crippen molar-refractivity contribution in [1.82, 2.24) is 19.7 Å². The highest BCUT2D eigenvalue weighted by atomic mass is 16.3. The van der Waals surface area contributed by atoms with Crippen LogP contribution in [0.15, 0.2) is 10.8 Å². The van der Waals surface area contributed by atoms with E-state index < -0.39 is 0 Å². The highest BCUT2D eigenvalue weighted by Crippen LogP contribution is 2.26. The molecule has 0 spiro atoms. The molecule has 0 radical (unpaired) electrons. The topological polar surface area (TPSA) is 56.7 Å². The average Bonchev–Trinajstić information content (AvgIpc) is 2.90. The Morgan fingerprint density at radius 2 is 2.28 bits per heavy atom. The molecular formula is C13H18N4O. The summed E-state index contributed by atoms with van der Waals surface area (Å²) in [4.78, 5) is 4.25. The lowest BCUT2D eigenvalue weighted by Gasteiger charge is -2.10. The fourth-order valence-corrected chi connectivity index (χ4v) is 2.65. The number of fused-ring (bicyclic) bond motifs is 1. The first-order valence-corrected chi connectivity index (χ1v) is 6.62. The van der Waals surface area contributed by atoms with E-state index in [-0.39, 0.29) is 0 Å². The second-order valence-electron chi connectivity index (χ2n) is 4.95. The Balaban J connectivity index is 1.96. The summed E-state index contributed by atoms with van der Waals surface area (Å²) in [5.74, 6) is 3.55. The maximum absolute atomic E-state index is 5.26. The van der Waals surface area contributed by atoms with Gasteiger partial charge in [-0.3, -0.25) is 0 Å². The van der Waals surface area contributed by atoms with E-state index in [1.165, 1.54) is 25.7 Å². The lowest BCUT2D eigenvalue weighted by Crippen LogP contribution is -2.04. The lowest BCUT2D eigenvalue weighted by atomic mass is 9.98. The summed E-state index contributed by atoms with van der Waals surface area (Å²) >= 11 is 0. The minimum absolute atomic E-state index is 0.804. The molecule has 0 N–H and O–H groups in total. The molecule has 96 valence electrons. The van der Waals surface area contributed by atoms with Crippen LogP contribution in [0.2, 0.25) is 0 Å². The van der Waals surface area contributed by atoms with Crippen molar-refractivity contribution in [3.63, 3.8) is 0 Å². The predicted octanol–water partition coefficient (Wildman–Crippen LogP) is 2.60. The van der Waals surface area contributed by atoms with Crippen LogP contribution in [0.4, 0.5) is 0 Å². The highest BCUT2D eigenvalue weighted by molar-refractivity contribution is 5.51. The van der Waals surface area contributed by atoms with Crippen LogP contribution >= 0.6 is 0 Å². The molecule has 0 aromatic carbocycles. The molecule has 1 atom stereocenters. The average molecular weight is 246 g/mol. The van der Waals surface area contributed by atoms with E-state index in [0.29, 0.717) is 0 Å². The molecule has 1 aliphatic heterocycles. The van der Waals surface area contributed by atoms with Gasteiger partial charge in [0.25, 0.3) is 0 Å². The van der Waals surface area contributed by atoms with Crippen LogP contribution in [0, 0.1) is 12.8 Å². The molecule has 5 nitrogen and oxygen atoms in total. The number of nitrogens with zero attached hydrogens (tertiary/aromatic N) is 4. The van der Waals surface area contributed by atoms with E-state index in [0.717, 1.165) is 42.0 Å². The predicted molar refractivity (Wildman–Crippen MR) is 67.0 cm³/mol. The van der Waals surface area contributed by atoms with Crippen LogP contribution in [-0.4, -0.2) is 19.7 Å². The Labute approximate surface area is 106 Å². The molecule has 0 aliphatic carbocycles. The van der Waals surface area contributed by atoms with E-state index in [4.69, 9.17) is 4.42 Å². The smallest absolute Gasteiger partial charge is 0.186 e. The molecule has 2 aromatic heterocycles. The summed E-state index contributed by atoms with van der Waals surface area (Å²) in [5.41, 5.74) is 0.823. The molecular weight excluding hydrogens is 228 g/mol. The van der Waals surface area contributed by atoms with Crippen molar-refractivity contribution < 1.29 is 4.42 Å². The molecule has 0 saturated carbocycles. The number of aryl methyl sites for hydroxylation is 2. The monoisotopic (exact) mass is 246 g/mol. The fourth-order valence-electron chi connectivity index (χ4n) is 2.65. The van der Waals surface area contributed by atoms with Gasteiger partial charge in [-0.2, -0.15) is 0 Å². The van der Waals surface area contributed by atoms with Crippen LogP contribution < -0.4 is 0 Å². The van der Waals surface area contributed by atoms with Gasteiger partial charge in [-0.15, -0.1) is 10.2 Å². The zero-order valence-electron chi connectivity index (χ0n) is 10.9. The third-order valence-corrected chi connectivity index (χ3v) is 3.90. The van der Waals surface area contributed by atoms with Gasteiger partial charge >= 0.3 is 0 Å². The lowest BCUT2D eigenvalue weighted by molar-refractivity contribution is 0.433. The van der Waals surface area contributed by atoms with Gasteiger partial charge in [0.1, 0.15) is 17.3 Å². The maximum atomic E-state index is 5.26. The fraction of sp³-hybridized carbons (Fsp3) is 0.615. The van der Waals surface area contributed by atoms with Gasteiger partial charge in [0, 0.05) is 13.0 Å². The standard InChI is InChI=1S/C13H18N4O/c1-3-10-4-5-11-15-16-13(17(11)7-6-10)12-9(2)18-8-14-12/h8,10H,3-7H2,1-2H3. The van der Waals surface area contributed by atoms with Crippen molar-refractivity contribution in [2.75, 3.05) is 0 Å². The zero-order valence-corrected chi connectivity index (χ0v) is 10.9. The Hall–Kier alpha value is -1.65. The van der Waals surface area contributed by atoms with E-state index >= 15 is 0 Å². The molecule has 18 heavy (non-hydrogen) atoms. The van der Waals surface area contributed by atoms with Crippen molar-refractivity contribution in [3.8, 4) is 11.5 Å². The van der Waals surface area contributed by atoms with E-state index in [9.17, 15) is 0 Å². The Bertz CT molecular complexity index is 543. The molecule has 0 saturated heterocycles. The Morgan fingerprint density at radius 1 is 1.39 bits per heavy atom. The van der Waals surface area contributed by atoms with Crippen LogP contribution in [0.25, 0.3) is 11.5 Å². The van der Waals surface area contributed by atoms with Gasteiger partial charge in [0.05, 0.1) is 0 Å². The number of rotatable bonds is 2. The Morgan fingerprint density at radius 3 is 3.00 bits per heavy atom. The van der Waals surface area contributed by atoms with Crippen LogP contribution in [0.3, 0.4) is 0 Å². The van der Waals surface area contributed by atoms with Gasteiger partial charge in [0.15, 0.2) is 12.2 Å². The second-order valence-corrected chi connectivity index (χ2v) is 4.95. The largest absolute Gasteiger partial charge is 0.448 e. The quantitative estimate of drug-likeness (QED) is 0.817. The first-order chi connectivity index (χ1) is 8.79. The summed E-state index contributed by atoms with van der Waals surface area (Å²) < 4.78 is 7.47. The summed E-state index contributed by atoms with van der Waals surface area (Å²) in [5, 5.41) is 8.60. The van der Waals surface area contributed by atoms with Gasteiger partial charge in [-0.1, -0.05) is 13.3 Å². The highest BCUT2D eigenvalue weighted by Gasteiger charge is 2.22. The molecule has 0 amide bonds. The van der Waals surface area contributed by atoms with Crippen molar-refractivity contribution in [1.29, 1.82) is 0 Å². The summed E-state index contributed by atoms with van der Waals surface area (Å²) in [7, 11) is 0. The maximum Gasteiger partial charge on any atom is 0.186 e. The molecule has 0 fully saturated rings. The summed E-state index contributed by atoms with van der Waals surface area (Å²) in [6.45, 7) is 5.16. The molecule has 0 bridgehead atoms. The van der Waals surface area contributed by atoms with Crippen molar-refractivity contribution >= 4 is 0 Å². The molecule has 2 aromatic rings. The van der Waals surface area contributed by atoms with Gasteiger partial charge < -0.3 is 8.98 Å². The number of aromatic nitrogens is 4. The van der Waals surface area contributed by atoms with Gasteiger partial charge in [-0.25, -0.2) is 4.98 Å². The van der Waals surface area contributed by atoms with Crippen LogP contribution in [-0.2, 0) is 13.0 Å². The van der Waals surface area contributed by atoms with Crippen molar-refractivity contribution in [2.45, 2.75) is 46.1 Å². The molecule has 5 heteroatoms. The molecule has 1 aliphatic rings. The zero-order chi connectivity index (χ0) is 12.5. The van der Waals surface area contributed by atoms with E-state index in [2.05, 4.69) is 26.7 Å². The number of hydrogen-bond donors (Lipinski definition) is 0. The SMILES string of the molecule is CCC1CCc2nnc(-c3ncoc3C)n2CC1. The number of oxazole rings is 1. The minimum atomic E-state index is 0.804. The normalized spacial score (nSPS) is 19.6. The summed E-state index contributed by atoms with van der Waals surface area (Å²) in [6.07, 6.45) is 6.15. The first kappa shape index (κ1) is 11.4. The van der Waals surface area contributed by atoms with Gasteiger partial charge in [0.2, 0.25) is 0 Å².